The lowest BCUT2D eigenvalue weighted by atomic mass is 9.90. The molecule has 0 aliphatic carbocycles. The Kier molecular flexibility index (Phi) is 7.17. The molecule has 1 heterocycles. The fourth-order valence-electron chi connectivity index (χ4n) is 4.00. The van der Waals surface area contributed by atoms with E-state index < -0.39 is 23.6 Å². The summed E-state index contributed by atoms with van der Waals surface area (Å²) in [6.07, 6.45) is 6.56. The maximum atomic E-state index is 14.8. The highest BCUT2D eigenvalue weighted by Gasteiger charge is 2.27. The van der Waals surface area contributed by atoms with Crippen LogP contribution in [0, 0.1) is 23.4 Å². The van der Waals surface area contributed by atoms with Gasteiger partial charge in [0.15, 0.2) is 11.6 Å². The predicted molar refractivity (Wildman–Crippen MR) is 107 cm³/mol. The number of hydrogen-bond donors (Lipinski definition) is 0. The van der Waals surface area contributed by atoms with Gasteiger partial charge in [-0.05, 0) is 48.8 Å². The first-order chi connectivity index (χ1) is 13.5. The average Bonchev–Trinajstić information content (AvgIpc) is 2.71. The minimum Gasteiger partial charge on any atom is -0.373 e. The first-order valence-corrected chi connectivity index (χ1v) is 10.4. The summed E-state index contributed by atoms with van der Waals surface area (Å²) < 4.78 is 49.4. The van der Waals surface area contributed by atoms with Crippen molar-refractivity contribution in [1.82, 2.24) is 0 Å². The third kappa shape index (κ3) is 4.60. The van der Waals surface area contributed by atoms with Gasteiger partial charge in [-0.1, -0.05) is 57.4 Å². The van der Waals surface area contributed by atoms with E-state index in [2.05, 4.69) is 6.92 Å². The lowest BCUT2D eigenvalue weighted by molar-refractivity contribution is -0.0218. The molecule has 2 unspecified atom stereocenters. The summed E-state index contributed by atoms with van der Waals surface area (Å²) in [5.41, 5.74) is 1.25. The van der Waals surface area contributed by atoms with Crippen molar-refractivity contribution >= 4 is 0 Å². The van der Waals surface area contributed by atoms with Crippen LogP contribution in [-0.4, -0.2) is 6.61 Å². The molecular weight excluding hydrogens is 361 g/mol. The summed E-state index contributed by atoms with van der Waals surface area (Å²) >= 11 is 0. The molecular formula is C24H29F3O. The molecule has 0 spiro atoms. The van der Waals surface area contributed by atoms with Crippen LogP contribution in [0.4, 0.5) is 13.2 Å². The van der Waals surface area contributed by atoms with Crippen molar-refractivity contribution < 1.29 is 17.9 Å². The molecule has 28 heavy (non-hydrogen) atoms. The second kappa shape index (κ2) is 9.60. The van der Waals surface area contributed by atoms with E-state index in [1.807, 2.05) is 6.92 Å². The molecule has 1 aliphatic heterocycles. The average molecular weight is 390 g/mol. The molecule has 2 atom stereocenters. The van der Waals surface area contributed by atoms with E-state index in [1.54, 1.807) is 18.2 Å². The van der Waals surface area contributed by atoms with Crippen LogP contribution in [0.2, 0.25) is 0 Å². The van der Waals surface area contributed by atoms with Gasteiger partial charge < -0.3 is 4.74 Å². The highest BCUT2D eigenvalue weighted by molar-refractivity contribution is 5.65. The molecule has 2 aromatic carbocycles. The van der Waals surface area contributed by atoms with E-state index in [1.165, 1.54) is 31.4 Å². The molecule has 0 amide bonds. The Hall–Kier alpha value is -1.81. The van der Waals surface area contributed by atoms with E-state index >= 15 is 0 Å². The monoisotopic (exact) mass is 390 g/mol. The van der Waals surface area contributed by atoms with Gasteiger partial charge in [-0.2, -0.15) is 0 Å². The van der Waals surface area contributed by atoms with Crippen molar-refractivity contribution in [3.05, 3.63) is 58.9 Å². The number of ether oxygens (including phenoxy) is 1. The van der Waals surface area contributed by atoms with Crippen LogP contribution in [0.15, 0.2) is 30.3 Å². The Morgan fingerprint density at radius 3 is 2.43 bits per heavy atom. The molecule has 1 aliphatic rings. The third-order valence-corrected chi connectivity index (χ3v) is 5.79. The van der Waals surface area contributed by atoms with Crippen LogP contribution >= 0.6 is 0 Å². The van der Waals surface area contributed by atoms with Crippen molar-refractivity contribution in [2.24, 2.45) is 5.92 Å². The fraction of sp³-hybridized carbons (Fsp3) is 0.500. The van der Waals surface area contributed by atoms with E-state index in [-0.39, 0.29) is 11.1 Å². The zero-order valence-corrected chi connectivity index (χ0v) is 16.7. The van der Waals surface area contributed by atoms with Crippen molar-refractivity contribution in [3.8, 4) is 11.1 Å². The number of aryl methyl sites for hydroxylation is 1. The van der Waals surface area contributed by atoms with Gasteiger partial charge in [-0.25, -0.2) is 13.2 Å². The number of rotatable bonds is 7. The van der Waals surface area contributed by atoms with E-state index in [0.717, 1.165) is 12.8 Å². The van der Waals surface area contributed by atoms with Crippen LogP contribution in [0.3, 0.4) is 0 Å². The topological polar surface area (TPSA) is 9.23 Å². The SMILES string of the molecule is CCCCCC1CCC(c2ccc(-c3ccc(CC)c(F)c3)c(F)c2F)OC1. The summed E-state index contributed by atoms with van der Waals surface area (Å²) in [5, 5.41) is 0. The van der Waals surface area contributed by atoms with Crippen LogP contribution < -0.4 is 0 Å². The third-order valence-electron chi connectivity index (χ3n) is 5.79. The lowest BCUT2D eigenvalue weighted by Crippen LogP contribution is -2.21. The van der Waals surface area contributed by atoms with Crippen LogP contribution in [0.25, 0.3) is 11.1 Å². The maximum absolute atomic E-state index is 14.8. The fourth-order valence-corrected chi connectivity index (χ4v) is 4.00. The molecule has 0 saturated carbocycles. The maximum Gasteiger partial charge on any atom is 0.167 e. The molecule has 2 aromatic rings. The Labute approximate surface area is 165 Å². The van der Waals surface area contributed by atoms with Crippen molar-refractivity contribution in [2.45, 2.75) is 64.9 Å². The Morgan fingerprint density at radius 2 is 1.79 bits per heavy atom. The minimum absolute atomic E-state index is 0.0797. The number of benzene rings is 2. The van der Waals surface area contributed by atoms with Gasteiger partial charge in [0.05, 0.1) is 12.7 Å². The summed E-state index contributed by atoms with van der Waals surface area (Å²) in [7, 11) is 0. The van der Waals surface area contributed by atoms with E-state index in [0.29, 0.717) is 36.5 Å². The summed E-state index contributed by atoms with van der Waals surface area (Å²) in [6.45, 7) is 4.63. The normalized spacial score (nSPS) is 19.8. The second-order valence-corrected chi connectivity index (χ2v) is 7.75. The minimum atomic E-state index is -0.935. The van der Waals surface area contributed by atoms with Crippen LogP contribution in [0.1, 0.15) is 69.6 Å². The summed E-state index contributed by atoms with van der Waals surface area (Å²) in [4.78, 5) is 0. The highest BCUT2D eigenvalue weighted by Crippen LogP contribution is 2.36. The molecule has 0 radical (unpaired) electrons. The molecule has 1 saturated heterocycles. The lowest BCUT2D eigenvalue weighted by Gasteiger charge is -2.29. The molecule has 0 N–H and O–H groups in total. The molecule has 1 fully saturated rings. The number of unbranched alkanes of at least 4 members (excludes halogenated alkanes) is 2. The second-order valence-electron chi connectivity index (χ2n) is 7.75. The van der Waals surface area contributed by atoms with Crippen molar-refractivity contribution in [1.29, 1.82) is 0 Å². The van der Waals surface area contributed by atoms with Gasteiger partial charge in [0.1, 0.15) is 5.82 Å². The zero-order chi connectivity index (χ0) is 20.1. The number of halogens is 3. The largest absolute Gasteiger partial charge is 0.373 e. The summed E-state index contributed by atoms with van der Waals surface area (Å²) in [5.74, 6) is -1.70. The number of hydrogen-bond acceptors (Lipinski definition) is 1. The van der Waals surface area contributed by atoms with Gasteiger partial charge in [-0.15, -0.1) is 0 Å². The molecule has 152 valence electrons. The van der Waals surface area contributed by atoms with Gasteiger partial charge in [0.25, 0.3) is 0 Å². The molecule has 1 nitrogen and oxygen atoms in total. The standard InChI is InChI=1S/C24H29F3O/c1-3-5-6-7-16-8-13-22(28-15-16)20-12-11-19(23(26)24(20)27)18-10-9-17(4-2)21(25)14-18/h9-12,14,16,22H,3-8,13,15H2,1-2H3. The van der Waals surface area contributed by atoms with Crippen molar-refractivity contribution in [3.63, 3.8) is 0 Å². The first-order valence-electron chi connectivity index (χ1n) is 10.4. The van der Waals surface area contributed by atoms with E-state index in [4.69, 9.17) is 4.74 Å². The smallest absolute Gasteiger partial charge is 0.167 e. The van der Waals surface area contributed by atoms with Crippen LogP contribution in [0.5, 0.6) is 0 Å². The van der Waals surface area contributed by atoms with Gasteiger partial charge >= 0.3 is 0 Å². The Balaban J connectivity index is 1.73. The molecule has 0 bridgehead atoms. The van der Waals surface area contributed by atoms with Gasteiger partial charge in [0, 0.05) is 11.1 Å². The summed E-state index contributed by atoms with van der Waals surface area (Å²) in [6, 6.07) is 7.65. The van der Waals surface area contributed by atoms with Crippen LogP contribution in [-0.2, 0) is 11.2 Å². The molecule has 4 heteroatoms. The quantitative estimate of drug-likeness (QED) is 0.448. The molecule has 0 aromatic heterocycles. The van der Waals surface area contributed by atoms with E-state index in [9.17, 15) is 13.2 Å². The van der Waals surface area contributed by atoms with Gasteiger partial charge in [-0.3, -0.25) is 0 Å². The zero-order valence-electron chi connectivity index (χ0n) is 16.7. The van der Waals surface area contributed by atoms with Crippen molar-refractivity contribution in [2.75, 3.05) is 6.61 Å². The predicted octanol–water partition coefficient (Wildman–Crippen LogP) is 7.38. The first kappa shape index (κ1) is 20.9. The van der Waals surface area contributed by atoms with Gasteiger partial charge in [0.2, 0.25) is 0 Å². The highest BCUT2D eigenvalue weighted by atomic mass is 19.2. The Morgan fingerprint density at radius 1 is 0.964 bits per heavy atom. The molecule has 3 rings (SSSR count). The Bertz CT molecular complexity index is 795.